The molecule has 1 rings (SSSR count). The van der Waals surface area contributed by atoms with Crippen LogP contribution in [0.2, 0.25) is 0 Å². The minimum Gasteiger partial charge on any atom is -0.467 e. The highest BCUT2D eigenvalue weighted by atomic mass is 79.9. The lowest BCUT2D eigenvalue weighted by Crippen LogP contribution is -2.48. The number of carbonyl (C=O) groups is 1. The number of hydrogen-bond acceptors (Lipinski definition) is 3. The fourth-order valence-electron chi connectivity index (χ4n) is 1.39. The Morgan fingerprint density at radius 3 is 2.56 bits per heavy atom. The zero-order valence-electron chi connectivity index (χ0n) is 9.95. The molecule has 16 heavy (non-hydrogen) atoms. The number of likely N-dealkylation sites (N-methyl/N-ethyl adjacent to an activating group) is 1. The van der Waals surface area contributed by atoms with Crippen molar-refractivity contribution in [1.82, 2.24) is 0 Å². The minimum absolute atomic E-state index is 0.255. The van der Waals surface area contributed by atoms with Gasteiger partial charge < -0.3 is 9.64 Å². The Kier molecular flexibility index (Phi) is 3.97. The van der Waals surface area contributed by atoms with Crippen LogP contribution >= 0.6 is 15.9 Å². The molecule has 1 aromatic carbocycles. The van der Waals surface area contributed by atoms with Crippen molar-refractivity contribution in [3.8, 4) is 0 Å². The largest absolute Gasteiger partial charge is 0.467 e. The summed E-state index contributed by atoms with van der Waals surface area (Å²) in [7, 11) is 3.28. The summed E-state index contributed by atoms with van der Waals surface area (Å²) in [6.07, 6.45) is 0. The van der Waals surface area contributed by atoms with Gasteiger partial charge in [0.2, 0.25) is 0 Å². The number of halogens is 1. The predicted octanol–water partition coefficient (Wildman–Crippen LogP) is 2.84. The summed E-state index contributed by atoms with van der Waals surface area (Å²) < 4.78 is 5.78. The molecule has 1 aromatic rings. The van der Waals surface area contributed by atoms with Gasteiger partial charge in [-0.2, -0.15) is 0 Å². The minimum atomic E-state index is -0.685. The first-order chi connectivity index (χ1) is 7.39. The first-order valence-corrected chi connectivity index (χ1v) is 5.76. The molecule has 0 aliphatic carbocycles. The lowest BCUT2D eigenvalue weighted by Gasteiger charge is -2.34. The van der Waals surface area contributed by atoms with Gasteiger partial charge in [0, 0.05) is 17.2 Å². The van der Waals surface area contributed by atoms with Crippen LogP contribution in [-0.4, -0.2) is 25.7 Å². The van der Waals surface area contributed by atoms with E-state index in [1.165, 1.54) is 7.11 Å². The number of rotatable bonds is 3. The number of esters is 1. The number of benzene rings is 1. The monoisotopic (exact) mass is 285 g/mol. The zero-order valence-corrected chi connectivity index (χ0v) is 11.5. The highest BCUT2D eigenvalue weighted by Crippen LogP contribution is 2.25. The summed E-state index contributed by atoms with van der Waals surface area (Å²) in [5.74, 6) is -0.255. The van der Waals surface area contributed by atoms with Gasteiger partial charge in [0.05, 0.1) is 7.11 Å². The van der Waals surface area contributed by atoms with Gasteiger partial charge in [-0.15, -0.1) is 0 Å². The molecule has 0 N–H and O–H groups in total. The highest BCUT2D eigenvalue weighted by Gasteiger charge is 2.33. The first kappa shape index (κ1) is 13.0. The van der Waals surface area contributed by atoms with Crippen molar-refractivity contribution in [2.45, 2.75) is 19.4 Å². The maximum Gasteiger partial charge on any atom is 0.331 e. The molecule has 0 aromatic heterocycles. The van der Waals surface area contributed by atoms with Gasteiger partial charge in [0.15, 0.2) is 0 Å². The Bertz CT molecular complexity index is 390. The van der Waals surface area contributed by atoms with Crippen molar-refractivity contribution in [1.29, 1.82) is 0 Å². The molecule has 0 spiro atoms. The van der Waals surface area contributed by atoms with Gasteiger partial charge in [-0.3, -0.25) is 0 Å². The van der Waals surface area contributed by atoms with Crippen molar-refractivity contribution in [3.63, 3.8) is 0 Å². The molecule has 0 unspecified atom stereocenters. The van der Waals surface area contributed by atoms with Crippen molar-refractivity contribution in [3.05, 3.63) is 28.7 Å². The molecule has 0 saturated carbocycles. The number of carbonyl (C=O) groups excluding carboxylic acids is 1. The summed E-state index contributed by atoms with van der Waals surface area (Å²) in [5, 5.41) is 0. The van der Waals surface area contributed by atoms with Crippen molar-refractivity contribution in [2.24, 2.45) is 0 Å². The molecule has 0 saturated heterocycles. The van der Waals surface area contributed by atoms with Gasteiger partial charge in [-0.1, -0.05) is 22.0 Å². The lowest BCUT2D eigenvalue weighted by molar-refractivity contribution is -0.145. The van der Waals surface area contributed by atoms with Crippen LogP contribution < -0.4 is 4.90 Å². The normalized spacial score (nSPS) is 11.1. The maximum atomic E-state index is 11.7. The van der Waals surface area contributed by atoms with Gasteiger partial charge in [0.25, 0.3) is 0 Å². The van der Waals surface area contributed by atoms with E-state index in [1.807, 2.05) is 50.1 Å². The number of ether oxygens (including phenoxy) is 1. The second-order valence-corrected chi connectivity index (χ2v) is 5.01. The maximum absolute atomic E-state index is 11.7. The van der Waals surface area contributed by atoms with Crippen molar-refractivity contribution >= 4 is 27.6 Å². The van der Waals surface area contributed by atoms with E-state index >= 15 is 0 Å². The van der Waals surface area contributed by atoms with E-state index in [-0.39, 0.29) is 5.97 Å². The molecule has 88 valence electrons. The molecular formula is C12H16BrNO2. The van der Waals surface area contributed by atoms with Gasteiger partial charge in [-0.05, 0) is 32.0 Å². The number of anilines is 1. The Hall–Kier alpha value is -1.03. The topological polar surface area (TPSA) is 29.5 Å². The molecule has 0 aliphatic rings. The van der Waals surface area contributed by atoms with Crippen LogP contribution in [-0.2, 0) is 9.53 Å². The molecule has 4 heteroatoms. The first-order valence-electron chi connectivity index (χ1n) is 4.97. The number of hydrogen-bond donors (Lipinski definition) is 0. The van der Waals surface area contributed by atoms with Crippen LogP contribution in [0.5, 0.6) is 0 Å². The fraction of sp³-hybridized carbons (Fsp3) is 0.417. The van der Waals surface area contributed by atoms with E-state index < -0.39 is 5.54 Å². The van der Waals surface area contributed by atoms with Crippen LogP contribution in [0.1, 0.15) is 13.8 Å². The van der Waals surface area contributed by atoms with E-state index in [1.54, 1.807) is 0 Å². The standard InChI is InChI=1S/C12H16BrNO2/c1-12(2,11(15)16-4)14(3)10-7-5-6-9(13)8-10/h5-8H,1-4H3. The SMILES string of the molecule is COC(=O)C(C)(C)N(C)c1cccc(Br)c1. The predicted molar refractivity (Wildman–Crippen MR) is 68.6 cm³/mol. The molecule has 0 radical (unpaired) electrons. The molecule has 3 nitrogen and oxygen atoms in total. The van der Waals surface area contributed by atoms with Gasteiger partial charge in [0.1, 0.15) is 5.54 Å². The Labute approximate surface area is 105 Å². The summed E-state index contributed by atoms with van der Waals surface area (Å²) >= 11 is 3.41. The quantitative estimate of drug-likeness (QED) is 0.800. The second kappa shape index (κ2) is 4.87. The molecule has 0 atom stereocenters. The van der Waals surface area contributed by atoms with E-state index in [2.05, 4.69) is 15.9 Å². The second-order valence-electron chi connectivity index (χ2n) is 4.09. The number of methoxy groups -OCH3 is 1. The molecule has 0 fully saturated rings. The third-order valence-electron chi connectivity index (χ3n) is 2.72. The third-order valence-corrected chi connectivity index (χ3v) is 3.21. The van der Waals surface area contributed by atoms with E-state index in [9.17, 15) is 4.79 Å². The lowest BCUT2D eigenvalue weighted by atomic mass is 10.0. The van der Waals surface area contributed by atoms with Crippen LogP contribution in [0.3, 0.4) is 0 Å². The molecule has 0 amide bonds. The van der Waals surface area contributed by atoms with E-state index in [4.69, 9.17) is 4.74 Å². The number of nitrogens with zero attached hydrogens (tertiary/aromatic N) is 1. The summed E-state index contributed by atoms with van der Waals surface area (Å²) in [4.78, 5) is 13.6. The molecule has 0 aliphatic heterocycles. The van der Waals surface area contributed by atoms with Gasteiger partial charge in [-0.25, -0.2) is 4.79 Å². The Balaban J connectivity index is 3.01. The summed E-state index contributed by atoms with van der Waals surface area (Å²) in [6, 6.07) is 7.80. The zero-order chi connectivity index (χ0) is 12.3. The van der Waals surface area contributed by atoms with Crippen molar-refractivity contribution in [2.75, 3.05) is 19.1 Å². The molecule has 0 heterocycles. The van der Waals surface area contributed by atoms with Crippen molar-refractivity contribution < 1.29 is 9.53 Å². The third kappa shape index (κ3) is 2.55. The Morgan fingerprint density at radius 1 is 1.44 bits per heavy atom. The van der Waals surface area contributed by atoms with Crippen LogP contribution in [0.4, 0.5) is 5.69 Å². The van der Waals surface area contributed by atoms with Crippen LogP contribution in [0.15, 0.2) is 28.7 Å². The van der Waals surface area contributed by atoms with Crippen LogP contribution in [0.25, 0.3) is 0 Å². The average molecular weight is 286 g/mol. The Morgan fingerprint density at radius 2 is 2.06 bits per heavy atom. The van der Waals surface area contributed by atoms with E-state index in [0.717, 1.165) is 10.2 Å². The fourth-order valence-corrected chi connectivity index (χ4v) is 1.78. The smallest absolute Gasteiger partial charge is 0.331 e. The average Bonchev–Trinajstić information content (AvgIpc) is 2.26. The van der Waals surface area contributed by atoms with Crippen LogP contribution in [0, 0.1) is 0 Å². The van der Waals surface area contributed by atoms with E-state index in [0.29, 0.717) is 0 Å². The molecule has 0 bridgehead atoms. The highest BCUT2D eigenvalue weighted by molar-refractivity contribution is 9.10. The molecular weight excluding hydrogens is 270 g/mol. The summed E-state index contributed by atoms with van der Waals surface area (Å²) in [6.45, 7) is 3.67. The van der Waals surface area contributed by atoms with Gasteiger partial charge >= 0.3 is 5.97 Å². The summed E-state index contributed by atoms with van der Waals surface area (Å²) in [5.41, 5.74) is 0.278.